The molecule has 1 unspecified atom stereocenters. The molecule has 27 heavy (non-hydrogen) atoms. The van der Waals surface area contributed by atoms with Gasteiger partial charge in [0, 0.05) is 0 Å². The minimum absolute atomic E-state index is 0.0221. The van der Waals surface area contributed by atoms with Crippen LogP contribution in [0.2, 0.25) is 0 Å². The zero-order valence-electron chi connectivity index (χ0n) is 14.3. The van der Waals surface area contributed by atoms with Gasteiger partial charge in [-0.1, -0.05) is 18.2 Å². The lowest BCUT2D eigenvalue weighted by molar-refractivity contribution is -0.131. The molecule has 1 saturated heterocycles. The predicted molar refractivity (Wildman–Crippen MR) is 90.6 cm³/mol. The molecule has 2 aromatic carbocycles. The monoisotopic (exact) mass is 371 g/mol. The highest BCUT2D eigenvalue weighted by molar-refractivity contribution is 6.07. The van der Waals surface area contributed by atoms with Gasteiger partial charge in [-0.05, 0) is 36.8 Å². The largest absolute Gasteiger partial charge is 0.490 e. The van der Waals surface area contributed by atoms with Crippen molar-refractivity contribution in [3.63, 3.8) is 0 Å². The number of benzene rings is 2. The highest BCUT2D eigenvalue weighted by Gasteiger charge is 2.49. The molecule has 3 rings (SSSR count). The van der Waals surface area contributed by atoms with Crippen LogP contribution in [-0.2, 0) is 10.3 Å². The Labute approximate surface area is 154 Å². The molecule has 2 aromatic rings. The number of amides is 3. The molecule has 6 nitrogen and oxygen atoms in total. The van der Waals surface area contributed by atoms with Gasteiger partial charge < -0.3 is 10.1 Å². The Morgan fingerprint density at radius 3 is 2.63 bits per heavy atom. The van der Waals surface area contributed by atoms with Gasteiger partial charge in [0.15, 0.2) is 11.6 Å². The quantitative estimate of drug-likeness (QED) is 0.820. The van der Waals surface area contributed by atoms with Gasteiger partial charge in [0.1, 0.15) is 24.0 Å². The molecule has 3 amide bonds. The number of carbonyl (C=O) groups excluding carboxylic acids is 2. The molecule has 0 aliphatic carbocycles. The number of nitrogens with zero attached hydrogens (tertiary/aromatic N) is 2. The summed E-state index contributed by atoms with van der Waals surface area (Å²) in [5.74, 6) is -2.41. The average Bonchev–Trinajstić information content (AvgIpc) is 2.88. The lowest BCUT2D eigenvalue weighted by Gasteiger charge is -2.22. The number of urea groups is 1. The number of para-hydroxylation sites is 1. The third-order valence-electron chi connectivity index (χ3n) is 4.35. The van der Waals surface area contributed by atoms with Gasteiger partial charge in [0.25, 0.3) is 5.91 Å². The van der Waals surface area contributed by atoms with E-state index in [1.54, 1.807) is 24.3 Å². The van der Waals surface area contributed by atoms with Crippen LogP contribution in [0.5, 0.6) is 5.75 Å². The Bertz CT molecular complexity index is 957. The van der Waals surface area contributed by atoms with Crippen LogP contribution in [0.25, 0.3) is 0 Å². The fourth-order valence-electron chi connectivity index (χ4n) is 2.83. The summed E-state index contributed by atoms with van der Waals surface area (Å²) in [6.07, 6.45) is 0. The first-order valence-electron chi connectivity index (χ1n) is 8.08. The maximum Gasteiger partial charge on any atom is 0.325 e. The van der Waals surface area contributed by atoms with Crippen molar-refractivity contribution in [1.29, 1.82) is 5.26 Å². The van der Waals surface area contributed by atoms with E-state index in [0.29, 0.717) is 11.3 Å². The van der Waals surface area contributed by atoms with Crippen molar-refractivity contribution in [1.82, 2.24) is 10.2 Å². The fourth-order valence-corrected chi connectivity index (χ4v) is 2.83. The van der Waals surface area contributed by atoms with Crippen molar-refractivity contribution in [3.8, 4) is 11.8 Å². The van der Waals surface area contributed by atoms with Crippen molar-refractivity contribution in [2.24, 2.45) is 0 Å². The van der Waals surface area contributed by atoms with E-state index in [1.807, 2.05) is 6.07 Å². The molecule has 1 fully saturated rings. The molecule has 1 atom stereocenters. The highest BCUT2D eigenvalue weighted by atomic mass is 19.2. The number of nitrogens with one attached hydrogen (secondary N) is 1. The van der Waals surface area contributed by atoms with E-state index in [1.165, 1.54) is 13.0 Å². The molecule has 138 valence electrons. The number of hydrogen-bond acceptors (Lipinski definition) is 4. The lowest BCUT2D eigenvalue weighted by Crippen LogP contribution is -2.41. The van der Waals surface area contributed by atoms with E-state index in [-0.39, 0.29) is 18.7 Å². The van der Waals surface area contributed by atoms with Crippen LogP contribution >= 0.6 is 0 Å². The smallest absolute Gasteiger partial charge is 0.325 e. The summed E-state index contributed by atoms with van der Waals surface area (Å²) in [5, 5.41) is 11.5. The summed E-state index contributed by atoms with van der Waals surface area (Å²) in [6, 6.07) is 10.9. The Hall–Kier alpha value is -3.47. The molecule has 8 heteroatoms. The molecular formula is C19H15F2N3O3. The molecule has 0 spiro atoms. The topological polar surface area (TPSA) is 82.4 Å². The second kappa shape index (κ2) is 7.03. The summed E-state index contributed by atoms with van der Waals surface area (Å²) >= 11 is 0. The second-order valence-corrected chi connectivity index (χ2v) is 6.10. The maximum atomic E-state index is 13.5. The van der Waals surface area contributed by atoms with E-state index in [2.05, 4.69) is 5.32 Å². The van der Waals surface area contributed by atoms with Crippen molar-refractivity contribution in [2.45, 2.75) is 12.5 Å². The molecule has 0 bridgehead atoms. The standard InChI is InChI=1S/C19H15F2N3O3/c1-19(13-6-7-14(20)15(21)10-13)17(25)24(18(26)23-19)8-9-27-16-5-3-2-4-12(16)11-22/h2-7,10H,8-9H2,1H3,(H,23,26). The van der Waals surface area contributed by atoms with E-state index < -0.39 is 29.1 Å². The molecule has 0 saturated carbocycles. The number of halogens is 2. The van der Waals surface area contributed by atoms with Gasteiger partial charge in [0.05, 0.1) is 12.1 Å². The SMILES string of the molecule is CC1(c2ccc(F)c(F)c2)NC(=O)N(CCOc2ccccc2C#N)C1=O. The van der Waals surface area contributed by atoms with Gasteiger partial charge >= 0.3 is 6.03 Å². The summed E-state index contributed by atoms with van der Waals surface area (Å²) < 4.78 is 32.2. The Balaban J connectivity index is 1.72. The Morgan fingerprint density at radius 2 is 1.93 bits per heavy atom. The van der Waals surface area contributed by atoms with Crippen LogP contribution in [0, 0.1) is 23.0 Å². The van der Waals surface area contributed by atoms with Crippen LogP contribution < -0.4 is 10.1 Å². The fraction of sp³-hybridized carbons (Fsp3) is 0.211. The first-order valence-corrected chi connectivity index (χ1v) is 8.08. The molecule has 0 aromatic heterocycles. The minimum atomic E-state index is -1.50. The normalized spacial score (nSPS) is 19.0. The van der Waals surface area contributed by atoms with Crippen LogP contribution in [0.1, 0.15) is 18.1 Å². The number of imide groups is 1. The second-order valence-electron chi connectivity index (χ2n) is 6.10. The highest BCUT2D eigenvalue weighted by Crippen LogP contribution is 2.29. The van der Waals surface area contributed by atoms with Gasteiger partial charge in [-0.2, -0.15) is 5.26 Å². The summed E-state index contributed by atoms with van der Waals surface area (Å²) in [5.41, 5.74) is -1.03. The zero-order chi connectivity index (χ0) is 19.6. The van der Waals surface area contributed by atoms with Crippen molar-refractivity contribution in [2.75, 3.05) is 13.2 Å². The van der Waals surface area contributed by atoms with Crippen molar-refractivity contribution in [3.05, 3.63) is 65.2 Å². The summed E-state index contributed by atoms with van der Waals surface area (Å²) in [4.78, 5) is 25.9. The third kappa shape index (κ3) is 3.31. The van der Waals surface area contributed by atoms with Crippen LogP contribution in [0.4, 0.5) is 13.6 Å². The van der Waals surface area contributed by atoms with Gasteiger partial charge in [-0.25, -0.2) is 13.6 Å². The minimum Gasteiger partial charge on any atom is -0.490 e. The first-order chi connectivity index (χ1) is 12.9. The summed E-state index contributed by atoms with van der Waals surface area (Å²) in [6.45, 7) is 1.33. The zero-order valence-corrected chi connectivity index (χ0v) is 14.3. The van der Waals surface area contributed by atoms with Crippen LogP contribution in [-0.4, -0.2) is 30.0 Å². The maximum absolute atomic E-state index is 13.5. The van der Waals surface area contributed by atoms with Gasteiger partial charge in [0.2, 0.25) is 0 Å². The molecule has 1 N–H and O–H groups in total. The average molecular weight is 371 g/mol. The number of carbonyl (C=O) groups is 2. The predicted octanol–water partition coefficient (Wildman–Crippen LogP) is 2.68. The Morgan fingerprint density at radius 1 is 1.19 bits per heavy atom. The van der Waals surface area contributed by atoms with Crippen molar-refractivity contribution < 1.29 is 23.1 Å². The van der Waals surface area contributed by atoms with Crippen LogP contribution in [0.15, 0.2) is 42.5 Å². The van der Waals surface area contributed by atoms with Gasteiger partial charge in [-0.15, -0.1) is 0 Å². The molecule has 1 heterocycles. The van der Waals surface area contributed by atoms with E-state index in [9.17, 15) is 18.4 Å². The Kier molecular flexibility index (Phi) is 4.77. The van der Waals surface area contributed by atoms with Crippen LogP contribution in [0.3, 0.4) is 0 Å². The molecule has 1 aliphatic rings. The molecule has 1 aliphatic heterocycles. The number of hydrogen-bond donors (Lipinski definition) is 1. The number of ether oxygens (including phenoxy) is 1. The number of nitriles is 1. The van der Waals surface area contributed by atoms with E-state index in [4.69, 9.17) is 10.00 Å². The van der Waals surface area contributed by atoms with E-state index in [0.717, 1.165) is 17.0 Å². The molecule has 0 radical (unpaired) electrons. The van der Waals surface area contributed by atoms with Gasteiger partial charge in [-0.3, -0.25) is 9.69 Å². The first kappa shape index (κ1) is 18.3. The van der Waals surface area contributed by atoms with E-state index >= 15 is 0 Å². The number of rotatable bonds is 5. The van der Waals surface area contributed by atoms with Crippen molar-refractivity contribution >= 4 is 11.9 Å². The molecular weight excluding hydrogens is 356 g/mol. The lowest BCUT2D eigenvalue weighted by atomic mass is 9.92. The summed E-state index contributed by atoms with van der Waals surface area (Å²) in [7, 11) is 0. The third-order valence-corrected chi connectivity index (χ3v) is 4.35.